The predicted molar refractivity (Wildman–Crippen MR) is 170 cm³/mol. The number of methoxy groups -OCH3 is 2. The maximum absolute atomic E-state index is 13.7. The van der Waals surface area contributed by atoms with E-state index in [0.717, 1.165) is 12.0 Å². The molecule has 3 heterocycles. The van der Waals surface area contributed by atoms with E-state index < -0.39 is 24.0 Å². The summed E-state index contributed by atoms with van der Waals surface area (Å²) in [6.45, 7) is 3.01. The van der Waals surface area contributed by atoms with Gasteiger partial charge in [0.2, 0.25) is 0 Å². The Hall–Kier alpha value is -4.86. The quantitative estimate of drug-likeness (QED) is 0.113. The Labute approximate surface area is 283 Å². The molecule has 256 valence electrons. The van der Waals surface area contributed by atoms with Crippen molar-refractivity contribution in [3.63, 3.8) is 0 Å². The molecule has 4 N–H and O–H groups in total. The fourth-order valence-electron chi connectivity index (χ4n) is 5.47. The zero-order valence-electron chi connectivity index (χ0n) is 26.8. The van der Waals surface area contributed by atoms with Crippen LogP contribution in [0.5, 0.6) is 5.75 Å². The third-order valence-corrected chi connectivity index (χ3v) is 8.08. The summed E-state index contributed by atoms with van der Waals surface area (Å²) in [5.41, 5.74) is 8.88. The van der Waals surface area contributed by atoms with Gasteiger partial charge in [0, 0.05) is 49.3 Å². The van der Waals surface area contributed by atoms with Crippen LogP contribution in [0.15, 0.2) is 54.9 Å². The first-order valence-corrected chi connectivity index (χ1v) is 15.4. The summed E-state index contributed by atoms with van der Waals surface area (Å²) in [6.07, 6.45) is 5.47. The van der Waals surface area contributed by atoms with Crippen LogP contribution in [0.4, 0.5) is 0 Å². The van der Waals surface area contributed by atoms with Crippen LogP contribution in [0.2, 0.25) is 0 Å². The number of ether oxygens (including phenoxy) is 2. The van der Waals surface area contributed by atoms with Crippen molar-refractivity contribution in [3.8, 4) is 28.3 Å². The molecule has 0 aliphatic carbocycles. The summed E-state index contributed by atoms with van der Waals surface area (Å²) in [6, 6.07) is 10.3. The van der Waals surface area contributed by atoms with Crippen molar-refractivity contribution < 1.29 is 41.4 Å². The highest BCUT2D eigenvalue weighted by molar-refractivity contribution is 5.97. The van der Waals surface area contributed by atoms with Crippen LogP contribution in [0, 0.1) is 0 Å². The van der Waals surface area contributed by atoms with E-state index in [1.54, 1.807) is 53.7 Å². The number of esters is 2. The Kier molecular flexibility index (Phi) is 12.6. The number of rotatable bonds is 13. The molecule has 1 aliphatic rings. The lowest BCUT2D eigenvalue weighted by Gasteiger charge is -2.27. The molecule has 1 aliphatic heterocycles. The number of unbranched alkanes of at least 4 members (excludes halogenated alkanes) is 1. The van der Waals surface area contributed by atoms with Gasteiger partial charge in [-0.15, -0.1) is 10.2 Å². The number of benzene rings is 2. The number of phenolic OH excluding ortho intramolecular Hbond substituents is 1. The Morgan fingerprint density at radius 2 is 1.44 bits per heavy atom. The van der Waals surface area contributed by atoms with Crippen LogP contribution in [0.1, 0.15) is 47.3 Å². The van der Waals surface area contributed by atoms with Gasteiger partial charge in [-0.1, -0.05) is 22.6 Å². The number of hydrogen-bond acceptors (Lipinski definition) is 12. The molecule has 1 saturated heterocycles. The number of nitrogens with one attached hydrogen (secondary N) is 1. The third kappa shape index (κ3) is 8.53. The van der Waals surface area contributed by atoms with Crippen LogP contribution >= 0.6 is 0 Å². The third-order valence-electron chi connectivity index (χ3n) is 8.08. The van der Waals surface area contributed by atoms with E-state index in [0.29, 0.717) is 73.6 Å². The number of phenols is 1. The first kappa shape index (κ1) is 36.0. The maximum Gasteiger partial charge on any atom is 0.331 e. The SMILES string of the molecule is COC(=O)[C@H](CCCCN)n1cc(-c2cc(C(=O)N3CCNCC3)cc(-c3cn([C@@H](Cc4ccc(O)cc4)C(=O)OC)nn3)c2)nn1.[Cl-]. The lowest BCUT2D eigenvalue weighted by Crippen LogP contribution is -3.00. The van der Waals surface area contributed by atoms with Gasteiger partial charge in [0.25, 0.3) is 5.91 Å². The second kappa shape index (κ2) is 16.8. The number of amides is 1. The van der Waals surface area contributed by atoms with Crippen molar-refractivity contribution in [3.05, 3.63) is 66.0 Å². The molecule has 0 spiro atoms. The summed E-state index contributed by atoms with van der Waals surface area (Å²) in [5, 5.41) is 30.1. The highest BCUT2D eigenvalue weighted by atomic mass is 35.5. The van der Waals surface area contributed by atoms with Gasteiger partial charge in [-0.25, -0.2) is 19.0 Å². The van der Waals surface area contributed by atoms with E-state index in [4.69, 9.17) is 15.2 Å². The lowest BCUT2D eigenvalue weighted by atomic mass is 10.0. The first-order valence-electron chi connectivity index (χ1n) is 15.4. The fourth-order valence-corrected chi connectivity index (χ4v) is 5.47. The molecule has 2 aromatic heterocycles. The molecule has 5 rings (SSSR count). The van der Waals surface area contributed by atoms with E-state index in [-0.39, 0.29) is 30.5 Å². The molecule has 0 radical (unpaired) electrons. The number of nitrogens with two attached hydrogens (primary N) is 1. The van der Waals surface area contributed by atoms with Gasteiger partial charge < -0.3 is 42.9 Å². The standard InChI is InChI=1S/C32H39N9O6.ClH/c1-46-31(44)28(5-3-4-10-33)40-19-26(35-37-40)22-16-23(18-24(17-22)30(43)39-13-11-34-12-14-39)27-20-41(38-36-27)29(32(45)47-2)15-21-6-8-25(42)9-7-21;/h6-9,16-20,28-29,34,42H,3-5,10-15,33H2,1-2H3;1H/p-1/t28-,29-;/m0./s1. The summed E-state index contributed by atoms with van der Waals surface area (Å²) in [5.74, 6) is -0.986. The first-order chi connectivity index (χ1) is 22.8. The average Bonchev–Trinajstić information content (AvgIpc) is 3.80. The normalized spacial score (nSPS) is 14.1. The number of nitrogens with zero attached hydrogens (tertiary/aromatic N) is 7. The van der Waals surface area contributed by atoms with Gasteiger partial charge in [0.05, 0.1) is 26.6 Å². The summed E-state index contributed by atoms with van der Waals surface area (Å²) < 4.78 is 13.0. The molecule has 15 nitrogen and oxygen atoms in total. The molecular formula is C32H39ClN9O6-. The number of aromatic hydroxyl groups is 1. The molecule has 0 bridgehead atoms. The van der Waals surface area contributed by atoms with Crippen LogP contribution in [-0.2, 0) is 25.5 Å². The molecule has 48 heavy (non-hydrogen) atoms. The van der Waals surface area contributed by atoms with E-state index >= 15 is 0 Å². The van der Waals surface area contributed by atoms with Gasteiger partial charge in [0.1, 0.15) is 17.1 Å². The Morgan fingerprint density at radius 3 is 2.00 bits per heavy atom. The van der Waals surface area contributed by atoms with Gasteiger partial charge >= 0.3 is 11.9 Å². The largest absolute Gasteiger partial charge is 1.00 e. The molecule has 4 aromatic rings. The van der Waals surface area contributed by atoms with Crippen molar-refractivity contribution in [1.29, 1.82) is 0 Å². The molecule has 0 unspecified atom stereocenters. The van der Waals surface area contributed by atoms with E-state index in [1.165, 1.54) is 23.6 Å². The molecule has 2 atom stereocenters. The minimum absolute atomic E-state index is 0. The smallest absolute Gasteiger partial charge is 0.331 e. The minimum Gasteiger partial charge on any atom is -1.00 e. The van der Waals surface area contributed by atoms with Gasteiger partial charge in [-0.3, -0.25) is 4.79 Å². The van der Waals surface area contributed by atoms with Crippen molar-refractivity contribution in [2.75, 3.05) is 46.9 Å². The van der Waals surface area contributed by atoms with E-state index in [2.05, 4.69) is 25.9 Å². The lowest BCUT2D eigenvalue weighted by molar-refractivity contribution is -0.146. The number of carbonyl (C=O) groups is 3. The minimum atomic E-state index is -0.828. The fraction of sp³-hybridized carbons (Fsp3) is 0.406. The zero-order valence-corrected chi connectivity index (χ0v) is 27.5. The van der Waals surface area contributed by atoms with E-state index in [1.807, 2.05) is 6.07 Å². The van der Waals surface area contributed by atoms with Crippen LogP contribution in [-0.4, -0.2) is 105 Å². The topological polar surface area (TPSA) is 193 Å². The highest BCUT2D eigenvalue weighted by Gasteiger charge is 2.26. The zero-order chi connectivity index (χ0) is 33.3. The van der Waals surface area contributed by atoms with E-state index in [9.17, 15) is 19.5 Å². The molecule has 1 amide bonds. The molecule has 2 aromatic carbocycles. The van der Waals surface area contributed by atoms with Gasteiger partial charge in [0.15, 0.2) is 12.1 Å². The molecule has 1 fully saturated rings. The number of piperazine rings is 1. The van der Waals surface area contributed by atoms with Gasteiger partial charge in [-0.05, 0) is 61.7 Å². The van der Waals surface area contributed by atoms with Crippen molar-refractivity contribution in [2.45, 2.75) is 37.8 Å². The van der Waals surface area contributed by atoms with Crippen molar-refractivity contribution in [2.24, 2.45) is 5.73 Å². The molecule has 16 heteroatoms. The molecular weight excluding hydrogens is 642 g/mol. The number of halogens is 1. The Bertz CT molecular complexity index is 1690. The number of hydrogen-bond donors (Lipinski definition) is 3. The Balaban J connectivity index is 0.00000520. The van der Waals surface area contributed by atoms with Crippen LogP contribution in [0.3, 0.4) is 0 Å². The number of carbonyl (C=O) groups excluding carboxylic acids is 3. The number of aromatic nitrogens is 6. The predicted octanol–water partition coefficient (Wildman–Crippen LogP) is -1.24. The Morgan fingerprint density at radius 1 is 0.875 bits per heavy atom. The monoisotopic (exact) mass is 680 g/mol. The van der Waals surface area contributed by atoms with Crippen LogP contribution in [0.25, 0.3) is 22.5 Å². The van der Waals surface area contributed by atoms with Gasteiger partial charge in [-0.2, -0.15) is 0 Å². The summed E-state index contributed by atoms with van der Waals surface area (Å²) >= 11 is 0. The summed E-state index contributed by atoms with van der Waals surface area (Å²) in [7, 11) is 2.63. The second-order valence-electron chi connectivity index (χ2n) is 11.2. The van der Waals surface area contributed by atoms with Crippen molar-refractivity contribution >= 4 is 17.8 Å². The maximum atomic E-state index is 13.7. The second-order valence-corrected chi connectivity index (χ2v) is 11.2. The summed E-state index contributed by atoms with van der Waals surface area (Å²) in [4.78, 5) is 40.9. The van der Waals surface area contributed by atoms with Crippen LogP contribution < -0.4 is 23.5 Å². The van der Waals surface area contributed by atoms with Crippen molar-refractivity contribution in [1.82, 2.24) is 40.2 Å². The highest BCUT2D eigenvalue weighted by Crippen LogP contribution is 2.29. The molecule has 0 saturated carbocycles. The average molecular weight is 681 g/mol.